The van der Waals surface area contributed by atoms with Crippen LogP contribution in [0.5, 0.6) is 0 Å². The molecule has 0 bridgehead atoms. The van der Waals surface area contributed by atoms with Gasteiger partial charge < -0.3 is 15.7 Å². The van der Waals surface area contributed by atoms with Crippen molar-refractivity contribution in [1.29, 1.82) is 0 Å². The molecule has 0 saturated carbocycles. The molecule has 3 heteroatoms. The zero-order valence-electron chi connectivity index (χ0n) is 8.69. The first-order valence-electron chi connectivity index (χ1n) is 5.12. The highest BCUT2D eigenvalue weighted by atomic mass is 16.3. The van der Waals surface area contributed by atoms with Crippen molar-refractivity contribution < 1.29 is 5.11 Å². The van der Waals surface area contributed by atoms with Crippen LogP contribution < -0.4 is 5.73 Å². The second-order valence-corrected chi connectivity index (χ2v) is 3.91. The summed E-state index contributed by atoms with van der Waals surface area (Å²) in [6, 6.07) is 8.06. The summed E-state index contributed by atoms with van der Waals surface area (Å²) < 4.78 is 0. The summed E-state index contributed by atoms with van der Waals surface area (Å²) in [4.78, 5) is 2.07. The van der Waals surface area contributed by atoms with E-state index in [0.717, 1.165) is 16.8 Å². The van der Waals surface area contributed by atoms with E-state index >= 15 is 0 Å². The van der Waals surface area contributed by atoms with Gasteiger partial charge in [0.05, 0.1) is 6.10 Å². The van der Waals surface area contributed by atoms with Crippen LogP contribution >= 0.6 is 0 Å². The average Bonchev–Trinajstić information content (AvgIpc) is 2.24. The Labute approximate surface area is 89.8 Å². The van der Waals surface area contributed by atoms with Gasteiger partial charge in [0.25, 0.3) is 0 Å². The molecule has 0 amide bonds. The van der Waals surface area contributed by atoms with Gasteiger partial charge >= 0.3 is 0 Å². The Kier molecular flexibility index (Phi) is 2.75. The Morgan fingerprint density at radius 1 is 1.53 bits per heavy atom. The molecular formula is C12H16N2O. The van der Waals surface area contributed by atoms with Gasteiger partial charge in [-0.2, -0.15) is 0 Å². The number of aliphatic hydroxyl groups is 1. The van der Waals surface area contributed by atoms with Gasteiger partial charge in [-0.3, -0.25) is 0 Å². The highest BCUT2D eigenvalue weighted by Crippen LogP contribution is 2.23. The number of nitrogens with two attached hydrogens (primary N) is 1. The van der Waals surface area contributed by atoms with Crippen molar-refractivity contribution in [1.82, 2.24) is 4.90 Å². The molecular weight excluding hydrogens is 188 g/mol. The molecule has 3 nitrogen and oxygen atoms in total. The Morgan fingerprint density at radius 2 is 2.27 bits per heavy atom. The predicted octanol–water partition coefficient (Wildman–Crippen LogP) is 0.792. The minimum Gasteiger partial charge on any atom is -0.389 e. The summed E-state index contributed by atoms with van der Waals surface area (Å²) in [7, 11) is 0. The van der Waals surface area contributed by atoms with Crippen molar-refractivity contribution in [3.8, 4) is 0 Å². The Morgan fingerprint density at radius 3 is 2.87 bits per heavy atom. The molecule has 0 aromatic heterocycles. The van der Waals surface area contributed by atoms with Crippen molar-refractivity contribution in [3.63, 3.8) is 0 Å². The smallest absolute Gasteiger partial charge is 0.0889 e. The van der Waals surface area contributed by atoms with E-state index in [1.807, 2.05) is 24.3 Å². The second kappa shape index (κ2) is 4.04. The summed E-state index contributed by atoms with van der Waals surface area (Å²) in [5.74, 6) is 0. The van der Waals surface area contributed by atoms with E-state index < -0.39 is 0 Å². The Bertz CT molecular complexity index is 370. The number of nitrogens with zero attached hydrogens (tertiary/aromatic N) is 1. The van der Waals surface area contributed by atoms with Gasteiger partial charge in [0.1, 0.15) is 0 Å². The number of benzene rings is 1. The van der Waals surface area contributed by atoms with Gasteiger partial charge in [-0.25, -0.2) is 0 Å². The van der Waals surface area contributed by atoms with E-state index in [9.17, 15) is 5.11 Å². The molecule has 1 aliphatic heterocycles. The normalized spacial score (nSPS) is 16.3. The molecule has 0 aliphatic carbocycles. The van der Waals surface area contributed by atoms with E-state index in [4.69, 9.17) is 5.73 Å². The molecule has 1 aromatic carbocycles. The number of rotatable bonds is 3. The monoisotopic (exact) mass is 204 g/mol. The lowest BCUT2D eigenvalue weighted by Crippen LogP contribution is -2.48. The minimum absolute atomic E-state index is 0.195. The summed E-state index contributed by atoms with van der Waals surface area (Å²) in [6.45, 7) is 5.95. The molecule has 0 unspecified atom stereocenters. The standard InChI is InChI=1S/C12H16N2O/c1-9(14-7-12(15)8-14)11-4-2-3-10(5-11)6-13/h2-5,12,15H,1,6-8,13H2. The Hall–Kier alpha value is -1.32. The van der Waals surface area contributed by atoms with Crippen LogP contribution in [0.3, 0.4) is 0 Å². The maximum Gasteiger partial charge on any atom is 0.0889 e. The van der Waals surface area contributed by atoms with Gasteiger partial charge in [0, 0.05) is 25.3 Å². The maximum atomic E-state index is 9.21. The number of hydrogen-bond donors (Lipinski definition) is 2. The van der Waals surface area contributed by atoms with Crippen molar-refractivity contribution in [3.05, 3.63) is 42.0 Å². The highest BCUT2D eigenvalue weighted by molar-refractivity contribution is 5.63. The summed E-state index contributed by atoms with van der Waals surface area (Å²) in [6.07, 6.45) is -0.195. The zero-order chi connectivity index (χ0) is 10.8. The van der Waals surface area contributed by atoms with E-state index in [0.29, 0.717) is 19.6 Å². The van der Waals surface area contributed by atoms with E-state index in [-0.39, 0.29) is 6.10 Å². The molecule has 2 rings (SSSR count). The number of β-amino-alcohol motifs (C(OH)–C–C–N with tert-alkyl or cyclic N) is 1. The molecule has 1 aliphatic rings. The first-order chi connectivity index (χ1) is 7.20. The molecule has 80 valence electrons. The van der Waals surface area contributed by atoms with Gasteiger partial charge in [-0.05, 0) is 17.2 Å². The molecule has 0 spiro atoms. The lowest BCUT2D eigenvalue weighted by Gasteiger charge is -2.39. The highest BCUT2D eigenvalue weighted by Gasteiger charge is 2.25. The summed E-state index contributed by atoms with van der Waals surface area (Å²) >= 11 is 0. The van der Waals surface area contributed by atoms with Crippen LogP contribution in [0.25, 0.3) is 5.70 Å². The fourth-order valence-electron chi connectivity index (χ4n) is 1.74. The van der Waals surface area contributed by atoms with E-state index in [1.54, 1.807) is 0 Å². The second-order valence-electron chi connectivity index (χ2n) is 3.91. The minimum atomic E-state index is -0.195. The molecule has 0 atom stereocenters. The van der Waals surface area contributed by atoms with Crippen LogP contribution in [-0.4, -0.2) is 29.2 Å². The van der Waals surface area contributed by atoms with Crippen LogP contribution in [0.2, 0.25) is 0 Å². The quantitative estimate of drug-likeness (QED) is 0.765. The van der Waals surface area contributed by atoms with Gasteiger partial charge in [-0.15, -0.1) is 0 Å². The van der Waals surface area contributed by atoms with Crippen molar-refractivity contribution in [2.75, 3.05) is 13.1 Å². The van der Waals surface area contributed by atoms with Crippen molar-refractivity contribution in [2.24, 2.45) is 5.73 Å². The SMILES string of the molecule is C=C(c1cccc(CN)c1)N1CC(O)C1. The van der Waals surface area contributed by atoms with E-state index in [1.165, 1.54) is 0 Å². The lowest BCUT2D eigenvalue weighted by atomic mass is 10.0. The third-order valence-corrected chi connectivity index (χ3v) is 2.74. The number of likely N-dealkylation sites (tertiary alicyclic amines) is 1. The van der Waals surface area contributed by atoms with E-state index in [2.05, 4.69) is 11.5 Å². The molecule has 1 fully saturated rings. The molecule has 1 saturated heterocycles. The number of hydrogen-bond acceptors (Lipinski definition) is 3. The van der Waals surface area contributed by atoms with Crippen LogP contribution in [0.4, 0.5) is 0 Å². The maximum absolute atomic E-state index is 9.21. The molecule has 1 heterocycles. The first kappa shape index (κ1) is 10.2. The van der Waals surface area contributed by atoms with Gasteiger partial charge in [0.2, 0.25) is 0 Å². The fourth-order valence-corrected chi connectivity index (χ4v) is 1.74. The molecule has 0 radical (unpaired) electrons. The molecule has 15 heavy (non-hydrogen) atoms. The predicted molar refractivity (Wildman–Crippen MR) is 60.9 cm³/mol. The van der Waals surface area contributed by atoms with Crippen LogP contribution in [0.15, 0.2) is 30.8 Å². The third kappa shape index (κ3) is 2.03. The van der Waals surface area contributed by atoms with Crippen LogP contribution in [0, 0.1) is 0 Å². The molecule has 3 N–H and O–H groups in total. The topological polar surface area (TPSA) is 49.5 Å². The Balaban J connectivity index is 2.11. The van der Waals surface area contributed by atoms with Crippen LogP contribution in [-0.2, 0) is 6.54 Å². The molecule has 1 aromatic rings. The summed E-state index contributed by atoms with van der Waals surface area (Å²) in [5.41, 5.74) is 8.74. The van der Waals surface area contributed by atoms with Crippen molar-refractivity contribution in [2.45, 2.75) is 12.6 Å². The van der Waals surface area contributed by atoms with Gasteiger partial charge in [0.15, 0.2) is 0 Å². The first-order valence-corrected chi connectivity index (χ1v) is 5.12. The summed E-state index contributed by atoms with van der Waals surface area (Å²) in [5, 5.41) is 9.21. The average molecular weight is 204 g/mol. The van der Waals surface area contributed by atoms with Crippen molar-refractivity contribution >= 4 is 5.70 Å². The van der Waals surface area contributed by atoms with Crippen LogP contribution in [0.1, 0.15) is 11.1 Å². The third-order valence-electron chi connectivity index (χ3n) is 2.74. The number of aliphatic hydroxyl groups excluding tert-OH is 1. The zero-order valence-corrected chi connectivity index (χ0v) is 8.69. The van der Waals surface area contributed by atoms with Gasteiger partial charge in [-0.1, -0.05) is 24.8 Å². The largest absolute Gasteiger partial charge is 0.389 e. The fraction of sp³-hybridized carbons (Fsp3) is 0.333. The lowest BCUT2D eigenvalue weighted by molar-refractivity contribution is 0.0404.